The van der Waals surface area contributed by atoms with E-state index in [2.05, 4.69) is 21.2 Å². The molecule has 1 aromatic carbocycles. The van der Waals surface area contributed by atoms with Gasteiger partial charge in [-0.25, -0.2) is 0 Å². The molecule has 2 N–H and O–H groups in total. The van der Waals surface area contributed by atoms with Crippen molar-refractivity contribution in [3.05, 3.63) is 28.2 Å². The quantitative estimate of drug-likeness (QED) is 0.797. The standard InChI is InChI=1S/C15H22BrNO3/c1-10-3-4-15(14(16)5-10)20-9-12(18)8-17-11-6-13(7-11)19-2/h3-5,11-13,17-18H,6-9H2,1-2H3. The Balaban J connectivity index is 1.66. The van der Waals surface area contributed by atoms with Gasteiger partial charge in [-0.05, 0) is 53.4 Å². The fourth-order valence-electron chi connectivity index (χ4n) is 2.20. The van der Waals surface area contributed by atoms with E-state index in [0.717, 1.165) is 23.1 Å². The molecule has 0 spiro atoms. The highest BCUT2D eigenvalue weighted by atomic mass is 79.9. The summed E-state index contributed by atoms with van der Waals surface area (Å²) in [6.45, 7) is 2.86. The van der Waals surface area contributed by atoms with Crippen LogP contribution in [0.15, 0.2) is 22.7 Å². The Bertz CT molecular complexity index is 435. The van der Waals surface area contributed by atoms with Crippen LogP contribution in [0.3, 0.4) is 0 Å². The zero-order valence-corrected chi connectivity index (χ0v) is 13.5. The lowest BCUT2D eigenvalue weighted by molar-refractivity contribution is 0.0117. The van der Waals surface area contributed by atoms with E-state index >= 15 is 0 Å². The number of ether oxygens (including phenoxy) is 2. The number of hydrogen-bond donors (Lipinski definition) is 2. The minimum Gasteiger partial charge on any atom is -0.490 e. The van der Waals surface area contributed by atoms with Gasteiger partial charge in [0.25, 0.3) is 0 Å². The van der Waals surface area contributed by atoms with Gasteiger partial charge in [-0.2, -0.15) is 0 Å². The lowest BCUT2D eigenvalue weighted by Crippen LogP contribution is -2.48. The summed E-state index contributed by atoms with van der Waals surface area (Å²) in [5.74, 6) is 0.762. The van der Waals surface area contributed by atoms with E-state index in [1.807, 2.05) is 25.1 Å². The molecule has 0 aliphatic heterocycles. The summed E-state index contributed by atoms with van der Waals surface area (Å²) in [6, 6.07) is 6.36. The van der Waals surface area contributed by atoms with Crippen LogP contribution in [-0.2, 0) is 4.74 Å². The van der Waals surface area contributed by atoms with Gasteiger partial charge in [-0.1, -0.05) is 6.07 Å². The first-order valence-electron chi connectivity index (χ1n) is 6.91. The average Bonchev–Trinajstić information content (AvgIpc) is 2.36. The topological polar surface area (TPSA) is 50.7 Å². The summed E-state index contributed by atoms with van der Waals surface area (Å²) in [4.78, 5) is 0. The molecular formula is C15H22BrNO3. The van der Waals surface area contributed by atoms with Crippen LogP contribution in [0, 0.1) is 6.92 Å². The number of benzene rings is 1. The van der Waals surface area contributed by atoms with E-state index in [4.69, 9.17) is 9.47 Å². The summed E-state index contributed by atoms with van der Waals surface area (Å²) in [7, 11) is 1.74. The van der Waals surface area contributed by atoms with E-state index in [0.29, 0.717) is 18.7 Å². The Morgan fingerprint density at radius 1 is 1.45 bits per heavy atom. The molecule has 1 aliphatic rings. The van der Waals surface area contributed by atoms with Crippen LogP contribution in [0.5, 0.6) is 5.75 Å². The normalized spacial score (nSPS) is 23.2. The first kappa shape index (κ1) is 15.8. The van der Waals surface area contributed by atoms with Crippen LogP contribution in [0.4, 0.5) is 0 Å². The van der Waals surface area contributed by atoms with Gasteiger partial charge in [0.05, 0.1) is 10.6 Å². The molecule has 5 heteroatoms. The molecule has 4 nitrogen and oxygen atoms in total. The smallest absolute Gasteiger partial charge is 0.133 e. The number of rotatable bonds is 7. The van der Waals surface area contributed by atoms with E-state index in [-0.39, 0.29) is 6.61 Å². The van der Waals surface area contributed by atoms with E-state index in [1.165, 1.54) is 5.56 Å². The van der Waals surface area contributed by atoms with Crippen molar-refractivity contribution >= 4 is 15.9 Å². The maximum atomic E-state index is 9.91. The third-order valence-electron chi connectivity index (χ3n) is 3.59. The zero-order valence-electron chi connectivity index (χ0n) is 11.9. The monoisotopic (exact) mass is 343 g/mol. The molecule has 1 aromatic rings. The van der Waals surface area contributed by atoms with Gasteiger partial charge in [0.1, 0.15) is 18.5 Å². The maximum absolute atomic E-state index is 9.91. The molecule has 20 heavy (non-hydrogen) atoms. The van der Waals surface area contributed by atoms with Gasteiger partial charge >= 0.3 is 0 Å². The van der Waals surface area contributed by atoms with Crippen LogP contribution < -0.4 is 10.1 Å². The molecule has 0 bridgehead atoms. The zero-order chi connectivity index (χ0) is 14.5. The van der Waals surface area contributed by atoms with Gasteiger partial charge in [0.15, 0.2) is 0 Å². The van der Waals surface area contributed by atoms with Crippen LogP contribution in [0.2, 0.25) is 0 Å². The van der Waals surface area contributed by atoms with E-state index in [1.54, 1.807) is 7.11 Å². The van der Waals surface area contributed by atoms with Crippen molar-refractivity contribution in [2.45, 2.75) is 38.0 Å². The van der Waals surface area contributed by atoms with Crippen LogP contribution >= 0.6 is 15.9 Å². The number of hydrogen-bond acceptors (Lipinski definition) is 4. The number of aryl methyl sites for hydroxylation is 1. The van der Waals surface area contributed by atoms with Crippen molar-refractivity contribution in [3.63, 3.8) is 0 Å². The molecule has 0 saturated heterocycles. The van der Waals surface area contributed by atoms with Gasteiger partial charge in [-0.3, -0.25) is 0 Å². The van der Waals surface area contributed by atoms with E-state index in [9.17, 15) is 5.11 Å². The summed E-state index contributed by atoms with van der Waals surface area (Å²) in [5, 5.41) is 13.2. The molecule has 1 saturated carbocycles. The SMILES string of the molecule is COC1CC(NCC(O)COc2ccc(C)cc2Br)C1. The summed E-state index contributed by atoms with van der Waals surface area (Å²) in [5.41, 5.74) is 1.17. The fourth-order valence-corrected chi connectivity index (χ4v) is 2.80. The molecule has 1 aliphatic carbocycles. The summed E-state index contributed by atoms with van der Waals surface area (Å²) in [6.07, 6.45) is 1.91. The highest BCUT2D eigenvalue weighted by molar-refractivity contribution is 9.10. The van der Waals surface area contributed by atoms with Crippen molar-refractivity contribution in [2.24, 2.45) is 0 Å². The Hall–Kier alpha value is -0.620. The minimum absolute atomic E-state index is 0.287. The second-order valence-corrected chi connectivity index (χ2v) is 6.19. The predicted octanol–water partition coefficient (Wildman–Crippen LogP) is 2.26. The third-order valence-corrected chi connectivity index (χ3v) is 4.21. The number of methoxy groups -OCH3 is 1. The third kappa shape index (κ3) is 4.45. The van der Waals surface area contributed by atoms with Crippen molar-refractivity contribution in [1.82, 2.24) is 5.32 Å². The van der Waals surface area contributed by atoms with Crippen LogP contribution in [0.1, 0.15) is 18.4 Å². The molecule has 0 heterocycles. The molecule has 1 atom stereocenters. The Kier molecular flexibility index (Phi) is 5.84. The van der Waals surface area contributed by atoms with Gasteiger partial charge in [0.2, 0.25) is 0 Å². The first-order valence-corrected chi connectivity index (χ1v) is 7.71. The largest absolute Gasteiger partial charge is 0.490 e. The van der Waals surface area contributed by atoms with Crippen LogP contribution in [0.25, 0.3) is 0 Å². The predicted molar refractivity (Wildman–Crippen MR) is 82.2 cm³/mol. The second kappa shape index (κ2) is 7.41. The Labute approximate surface area is 128 Å². The van der Waals surface area contributed by atoms with Crippen molar-refractivity contribution in [3.8, 4) is 5.75 Å². The van der Waals surface area contributed by atoms with Gasteiger partial charge in [-0.15, -0.1) is 0 Å². The van der Waals surface area contributed by atoms with Crippen LogP contribution in [-0.4, -0.2) is 43.6 Å². The molecule has 112 valence electrons. The van der Waals surface area contributed by atoms with Gasteiger partial charge in [0, 0.05) is 19.7 Å². The molecule has 1 fully saturated rings. The summed E-state index contributed by atoms with van der Waals surface area (Å²) < 4.78 is 11.8. The molecule has 0 amide bonds. The Morgan fingerprint density at radius 3 is 2.85 bits per heavy atom. The number of aliphatic hydroxyl groups excluding tert-OH is 1. The highest BCUT2D eigenvalue weighted by Gasteiger charge is 2.28. The number of nitrogens with one attached hydrogen (secondary N) is 1. The van der Waals surface area contributed by atoms with E-state index < -0.39 is 6.10 Å². The van der Waals surface area contributed by atoms with Gasteiger partial charge < -0.3 is 19.9 Å². The molecular weight excluding hydrogens is 322 g/mol. The lowest BCUT2D eigenvalue weighted by Gasteiger charge is -2.35. The minimum atomic E-state index is -0.509. The van der Waals surface area contributed by atoms with Crippen molar-refractivity contribution < 1.29 is 14.6 Å². The molecule has 0 aromatic heterocycles. The molecule has 0 radical (unpaired) electrons. The fraction of sp³-hybridized carbons (Fsp3) is 0.600. The Morgan fingerprint density at radius 2 is 2.20 bits per heavy atom. The first-order chi connectivity index (χ1) is 9.58. The summed E-state index contributed by atoms with van der Waals surface area (Å²) >= 11 is 3.46. The molecule has 1 unspecified atom stereocenters. The maximum Gasteiger partial charge on any atom is 0.133 e. The average molecular weight is 344 g/mol. The highest BCUT2D eigenvalue weighted by Crippen LogP contribution is 2.26. The number of halogens is 1. The molecule has 2 rings (SSSR count). The van der Waals surface area contributed by atoms with Crippen molar-refractivity contribution in [2.75, 3.05) is 20.3 Å². The second-order valence-electron chi connectivity index (χ2n) is 5.33. The van der Waals surface area contributed by atoms with Crippen molar-refractivity contribution in [1.29, 1.82) is 0 Å². The number of aliphatic hydroxyl groups is 1. The lowest BCUT2D eigenvalue weighted by atomic mass is 9.89.